The quantitative estimate of drug-likeness (QED) is 0.582. The van der Waals surface area contributed by atoms with E-state index in [1.807, 2.05) is 25.1 Å². The lowest BCUT2D eigenvalue weighted by Crippen LogP contribution is -2.45. The summed E-state index contributed by atoms with van der Waals surface area (Å²) in [7, 11) is 3.93. The first-order chi connectivity index (χ1) is 14.3. The molecule has 0 N–H and O–H groups in total. The zero-order valence-corrected chi connectivity index (χ0v) is 17.5. The highest BCUT2D eigenvalue weighted by molar-refractivity contribution is 7.11. The van der Waals surface area contributed by atoms with Crippen LogP contribution in [-0.2, 0) is 18.5 Å². The Hall–Kier alpha value is -2.30. The Bertz CT molecular complexity index is 988. The predicted octanol–water partition coefficient (Wildman–Crippen LogP) is 3.96. The number of rotatable bonds is 6. The van der Waals surface area contributed by atoms with Crippen molar-refractivity contribution in [3.8, 4) is 11.4 Å². The van der Waals surface area contributed by atoms with E-state index < -0.39 is 11.6 Å². The molecule has 3 heterocycles. The molecule has 10 heteroatoms. The van der Waals surface area contributed by atoms with Gasteiger partial charge >= 0.3 is 6.18 Å². The number of aromatic nitrogens is 3. The van der Waals surface area contributed by atoms with Crippen LogP contribution in [0.5, 0.6) is 0 Å². The maximum absolute atomic E-state index is 14.2. The van der Waals surface area contributed by atoms with Crippen molar-refractivity contribution in [2.24, 2.45) is 0 Å². The second kappa shape index (κ2) is 8.09. The molecule has 0 amide bonds. The average Bonchev–Trinajstić information content (AvgIpc) is 3.42. The molecule has 1 saturated heterocycles. The predicted molar refractivity (Wildman–Crippen MR) is 107 cm³/mol. The van der Waals surface area contributed by atoms with Crippen LogP contribution in [0.2, 0.25) is 0 Å². The fourth-order valence-electron chi connectivity index (χ4n) is 3.67. The molecule has 1 aromatic carbocycles. The Kier molecular flexibility index (Phi) is 5.65. The molecule has 4 rings (SSSR count). The van der Waals surface area contributed by atoms with Gasteiger partial charge in [-0.05, 0) is 20.5 Å². The molecule has 0 radical (unpaired) electrons. The van der Waals surface area contributed by atoms with Crippen molar-refractivity contribution in [3.63, 3.8) is 0 Å². The van der Waals surface area contributed by atoms with Crippen molar-refractivity contribution in [2.45, 2.75) is 31.1 Å². The summed E-state index contributed by atoms with van der Waals surface area (Å²) in [5.74, 6) is -0.204. The largest absolute Gasteiger partial charge is 0.404 e. The lowest BCUT2D eigenvalue weighted by molar-refractivity contribution is -0.193. The molecule has 0 bridgehead atoms. The first-order valence-electron chi connectivity index (χ1n) is 9.54. The number of hydrogen-bond donors (Lipinski definition) is 0. The number of halogens is 3. The lowest BCUT2D eigenvalue weighted by Gasteiger charge is -2.27. The highest BCUT2D eigenvalue weighted by Crippen LogP contribution is 2.47. The lowest BCUT2D eigenvalue weighted by atomic mass is 9.86. The minimum absolute atomic E-state index is 0.122. The van der Waals surface area contributed by atoms with Gasteiger partial charge in [0.15, 0.2) is 5.41 Å². The van der Waals surface area contributed by atoms with Crippen LogP contribution in [0.1, 0.15) is 22.2 Å². The summed E-state index contributed by atoms with van der Waals surface area (Å²) in [6, 6.07) is 8.86. The molecule has 0 saturated carbocycles. The normalized spacial score (nSPS) is 20.3. The summed E-state index contributed by atoms with van der Waals surface area (Å²) in [6.45, 7) is 1.19. The van der Waals surface area contributed by atoms with E-state index in [1.165, 1.54) is 11.3 Å². The highest BCUT2D eigenvalue weighted by Gasteiger charge is 2.62. The van der Waals surface area contributed by atoms with Gasteiger partial charge in [0, 0.05) is 36.3 Å². The standard InChI is InChI=1S/C20H22F3N5OS/c1-27(2)11-15-10-24-16(30-15)12-28-9-8-19(13-28,20(21,22)23)18-25-17(26-29-18)14-6-4-3-5-7-14/h3-7,10H,8-9,11-13H2,1-2H3. The number of likely N-dealkylation sites (tertiary alicyclic amines) is 1. The van der Waals surface area contributed by atoms with E-state index in [-0.39, 0.29) is 31.2 Å². The molecule has 1 aliphatic rings. The van der Waals surface area contributed by atoms with E-state index in [1.54, 1.807) is 35.4 Å². The van der Waals surface area contributed by atoms with Crippen molar-refractivity contribution in [1.82, 2.24) is 24.9 Å². The molecule has 3 aromatic rings. The Balaban J connectivity index is 1.54. The molecule has 0 aliphatic carbocycles. The minimum atomic E-state index is -4.50. The number of thiazole rings is 1. The van der Waals surface area contributed by atoms with Crippen molar-refractivity contribution in [2.75, 3.05) is 27.2 Å². The van der Waals surface area contributed by atoms with Crippen LogP contribution in [0.3, 0.4) is 0 Å². The second-order valence-electron chi connectivity index (χ2n) is 7.79. The maximum atomic E-state index is 14.2. The van der Waals surface area contributed by atoms with Crippen LogP contribution in [0, 0.1) is 0 Å². The van der Waals surface area contributed by atoms with E-state index in [2.05, 4.69) is 15.1 Å². The smallest absolute Gasteiger partial charge is 0.338 e. The summed E-state index contributed by atoms with van der Waals surface area (Å²) in [4.78, 5) is 13.4. The van der Waals surface area contributed by atoms with Gasteiger partial charge in [-0.1, -0.05) is 35.5 Å². The van der Waals surface area contributed by atoms with Crippen LogP contribution in [0.25, 0.3) is 11.4 Å². The Morgan fingerprint density at radius 1 is 1.23 bits per heavy atom. The first kappa shape index (κ1) is 21.0. The van der Waals surface area contributed by atoms with Gasteiger partial charge in [0.2, 0.25) is 11.7 Å². The third kappa shape index (κ3) is 4.12. The molecule has 1 aliphatic heterocycles. The number of hydrogen-bond acceptors (Lipinski definition) is 7. The van der Waals surface area contributed by atoms with Gasteiger partial charge in [0.25, 0.3) is 0 Å². The van der Waals surface area contributed by atoms with Crippen LogP contribution >= 0.6 is 11.3 Å². The van der Waals surface area contributed by atoms with Gasteiger partial charge in [0.05, 0.1) is 6.54 Å². The Morgan fingerprint density at radius 2 is 2.00 bits per heavy atom. The van der Waals surface area contributed by atoms with Gasteiger partial charge < -0.3 is 9.42 Å². The van der Waals surface area contributed by atoms with Gasteiger partial charge in [-0.25, -0.2) is 4.98 Å². The van der Waals surface area contributed by atoms with Gasteiger partial charge in [-0.3, -0.25) is 4.90 Å². The number of nitrogens with zero attached hydrogens (tertiary/aromatic N) is 5. The monoisotopic (exact) mass is 437 g/mol. The molecule has 1 fully saturated rings. The molecular weight excluding hydrogens is 415 g/mol. The Morgan fingerprint density at radius 3 is 2.70 bits per heavy atom. The molecule has 1 atom stereocenters. The van der Waals surface area contributed by atoms with Crippen molar-refractivity contribution >= 4 is 11.3 Å². The van der Waals surface area contributed by atoms with E-state index in [9.17, 15) is 13.2 Å². The van der Waals surface area contributed by atoms with Crippen LogP contribution in [-0.4, -0.2) is 58.3 Å². The third-order valence-corrected chi connectivity index (χ3v) is 6.16. The molecule has 30 heavy (non-hydrogen) atoms. The van der Waals surface area contributed by atoms with E-state index in [0.717, 1.165) is 16.4 Å². The maximum Gasteiger partial charge on any atom is 0.404 e. The Labute approximate surface area is 176 Å². The van der Waals surface area contributed by atoms with E-state index >= 15 is 0 Å². The van der Waals surface area contributed by atoms with Crippen molar-refractivity contribution in [3.05, 3.63) is 52.3 Å². The molecule has 6 nitrogen and oxygen atoms in total. The fraction of sp³-hybridized carbons (Fsp3) is 0.450. The molecule has 160 valence electrons. The highest BCUT2D eigenvalue weighted by atomic mass is 32.1. The topological polar surface area (TPSA) is 58.3 Å². The van der Waals surface area contributed by atoms with Gasteiger partial charge in [-0.2, -0.15) is 18.2 Å². The second-order valence-corrected chi connectivity index (χ2v) is 8.99. The molecule has 1 unspecified atom stereocenters. The van der Waals surface area contributed by atoms with E-state index in [4.69, 9.17) is 4.52 Å². The summed E-state index contributed by atoms with van der Waals surface area (Å²) in [6.07, 6.45) is -2.83. The molecular formula is C20H22F3N5OS. The van der Waals surface area contributed by atoms with Gasteiger partial charge in [0.1, 0.15) is 5.01 Å². The number of alkyl halides is 3. The molecule has 0 spiro atoms. The summed E-state index contributed by atoms with van der Waals surface area (Å²) >= 11 is 1.53. The zero-order valence-electron chi connectivity index (χ0n) is 16.7. The van der Waals surface area contributed by atoms with Gasteiger partial charge in [-0.15, -0.1) is 11.3 Å². The summed E-state index contributed by atoms with van der Waals surface area (Å²) in [5.41, 5.74) is -1.55. The fourth-order valence-corrected chi connectivity index (χ4v) is 4.75. The van der Waals surface area contributed by atoms with Crippen LogP contribution in [0.15, 0.2) is 41.1 Å². The first-order valence-corrected chi connectivity index (χ1v) is 10.4. The van der Waals surface area contributed by atoms with E-state index in [0.29, 0.717) is 12.1 Å². The van der Waals surface area contributed by atoms with Crippen LogP contribution < -0.4 is 0 Å². The van der Waals surface area contributed by atoms with Crippen LogP contribution in [0.4, 0.5) is 13.2 Å². The number of benzene rings is 1. The van der Waals surface area contributed by atoms with Crippen molar-refractivity contribution < 1.29 is 17.7 Å². The SMILES string of the molecule is CN(C)Cc1cnc(CN2CCC(c3nc(-c4ccccc4)no3)(C(F)(F)F)C2)s1. The van der Waals surface area contributed by atoms with Crippen molar-refractivity contribution in [1.29, 1.82) is 0 Å². The third-order valence-electron chi connectivity index (χ3n) is 5.19. The average molecular weight is 437 g/mol. The zero-order chi connectivity index (χ0) is 21.4. The summed E-state index contributed by atoms with van der Waals surface area (Å²) in [5, 5.41) is 4.62. The summed E-state index contributed by atoms with van der Waals surface area (Å²) < 4.78 is 47.8. The molecule has 2 aromatic heterocycles. The minimum Gasteiger partial charge on any atom is -0.338 e.